The van der Waals surface area contributed by atoms with Crippen LogP contribution in [0.4, 0.5) is 0 Å². The van der Waals surface area contributed by atoms with Gasteiger partial charge in [-0.15, -0.1) is 12.4 Å². The number of hydrogen-bond acceptors (Lipinski definition) is 3. The van der Waals surface area contributed by atoms with Gasteiger partial charge in [-0.05, 0) is 30.7 Å². The fourth-order valence-electron chi connectivity index (χ4n) is 3.13. The molecular weight excluding hydrogens is 373 g/mol. The number of nitrogens with zero attached hydrogens (tertiary/aromatic N) is 2. The highest BCUT2D eigenvalue weighted by molar-refractivity contribution is 9.10. The Morgan fingerprint density at radius 1 is 1.24 bits per heavy atom. The van der Waals surface area contributed by atoms with Crippen LogP contribution in [0.15, 0.2) is 22.7 Å². The Hall–Kier alpha value is 0.160. The lowest BCUT2D eigenvalue weighted by Crippen LogP contribution is -2.50. The molecule has 2 heterocycles. The van der Waals surface area contributed by atoms with Crippen LogP contribution in [-0.2, 0) is 6.54 Å². The van der Waals surface area contributed by atoms with E-state index in [1.165, 1.54) is 38.2 Å². The highest BCUT2D eigenvalue weighted by Crippen LogP contribution is 2.23. The third-order valence-corrected chi connectivity index (χ3v) is 5.21. The fourth-order valence-corrected chi connectivity index (χ4v) is 3.86. The summed E-state index contributed by atoms with van der Waals surface area (Å²) in [6.07, 6.45) is 1.30. The molecule has 3 nitrogen and oxygen atoms in total. The summed E-state index contributed by atoms with van der Waals surface area (Å²) in [7, 11) is 0. The lowest BCUT2D eigenvalue weighted by atomic mass is 10.1. The maximum Gasteiger partial charge on any atom is 0.0462 e. The van der Waals surface area contributed by atoms with Crippen LogP contribution in [0.3, 0.4) is 0 Å². The number of nitrogens with one attached hydrogen (secondary N) is 1. The van der Waals surface area contributed by atoms with Crippen molar-refractivity contribution in [1.82, 2.24) is 15.1 Å². The quantitative estimate of drug-likeness (QED) is 0.849. The predicted molar refractivity (Wildman–Crippen MR) is 94.5 cm³/mol. The van der Waals surface area contributed by atoms with Gasteiger partial charge >= 0.3 is 0 Å². The largest absolute Gasteiger partial charge is 0.315 e. The average Bonchev–Trinajstić information content (AvgIpc) is 2.97. The van der Waals surface area contributed by atoms with Crippen LogP contribution in [-0.4, -0.2) is 55.1 Å². The van der Waals surface area contributed by atoms with Crippen molar-refractivity contribution in [2.45, 2.75) is 19.0 Å². The van der Waals surface area contributed by atoms with E-state index in [0.29, 0.717) is 0 Å². The van der Waals surface area contributed by atoms with Gasteiger partial charge < -0.3 is 5.32 Å². The van der Waals surface area contributed by atoms with Crippen molar-refractivity contribution in [1.29, 1.82) is 0 Å². The van der Waals surface area contributed by atoms with Gasteiger partial charge in [0.05, 0.1) is 0 Å². The molecule has 118 valence electrons. The normalized spacial score (nSPS) is 24.0. The van der Waals surface area contributed by atoms with E-state index in [9.17, 15) is 0 Å². The second kappa shape index (κ2) is 8.14. The molecule has 3 rings (SSSR count). The van der Waals surface area contributed by atoms with E-state index >= 15 is 0 Å². The minimum absolute atomic E-state index is 0. The van der Waals surface area contributed by atoms with Gasteiger partial charge in [-0.25, -0.2) is 0 Å². The van der Waals surface area contributed by atoms with Crippen LogP contribution in [0.2, 0.25) is 5.02 Å². The Labute approximate surface area is 146 Å². The van der Waals surface area contributed by atoms with Crippen molar-refractivity contribution in [3.63, 3.8) is 0 Å². The summed E-state index contributed by atoms with van der Waals surface area (Å²) in [5.41, 5.74) is 1.23. The van der Waals surface area contributed by atoms with Gasteiger partial charge in [-0.2, -0.15) is 0 Å². The first-order valence-electron chi connectivity index (χ1n) is 7.33. The summed E-state index contributed by atoms with van der Waals surface area (Å²) in [5.74, 6) is 0. The van der Waals surface area contributed by atoms with E-state index in [2.05, 4.69) is 43.2 Å². The molecule has 0 aromatic heterocycles. The van der Waals surface area contributed by atoms with Crippen molar-refractivity contribution in [3.05, 3.63) is 33.3 Å². The Morgan fingerprint density at radius 3 is 2.62 bits per heavy atom. The molecule has 2 fully saturated rings. The molecule has 1 aromatic rings. The highest BCUT2D eigenvalue weighted by atomic mass is 79.9. The van der Waals surface area contributed by atoms with Gasteiger partial charge in [0.25, 0.3) is 0 Å². The Balaban J connectivity index is 0.00000161. The maximum atomic E-state index is 6.31. The molecule has 0 aliphatic carbocycles. The van der Waals surface area contributed by atoms with Gasteiger partial charge in [-0.1, -0.05) is 33.6 Å². The molecule has 0 amide bonds. The van der Waals surface area contributed by atoms with Crippen molar-refractivity contribution in [2.24, 2.45) is 0 Å². The minimum Gasteiger partial charge on any atom is -0.315 e. The number of rotatable bonds is 3. The molecule has 1 aromatic carbocycles. The molecule has 0 saturated carbocycles. The number of halogens is 3. The Bertz CT molecular complexity index is 458. The van der Waals surface area contributed by atoms with Crippen LogP contribution in [0.25, 0.3) is 0 Å². The topological polar surface area (TPSA) is 18.5 Å². The van der Waals surface area contributed by atoms with Crippen LogP contribution in [0.1, 0.15) is 12.0 Å². The molecule has 1 atom stereocenters. The molecule has 2 saturated heterocycles. The van der Waals surface area contributed by atoms with Crippen molar-refractivity contribution >= 4 is 39.9 Å². The Morgan fingerprint density at radius 2 is 2.00 bits per heavy atom. The summed E-state index contributed by atoms with van der Waals surface area (Å²) in [5, 5.41) is 4.32. The first kappa shape index (κ1) is 17.5. The van der Waals surface area contributed by atoms with Gasteiger partial charge in [0.2, 0.25) is 0 Å². The molecule has 21 heavy (non-hydrogen) atoms. The zero-order valence-electron chi connectivity index (χ0n) is 12.0. The molecule has 0 spiro atoms. The summed E-state index contributed by atoms with van der Waals surface area (Å²) in [6, 6.07) is 6.94. The minimum atomic E-state index is 0. The summed E-state index contributed by atoms with van der Waals surface area (Å²) in [4.78, 5) is 5.15. The van der Waals surface area contributed by atoms with E-state index in [1.807, 2.05) is 6.07 Å². The second-order valence-electron chi connectivity index (χ2n) is 5.69. The van der Waals surface area contributed by atoms with Crippen molar-refractivity contribution in [2.75, 3.05) is 39.3 Å². The zero-order chi connectivity index (χ0) is 13.9. The predicted octanol–water partition coefficient (Wildman–Crippen LogP) is 3.00. The monoisotopic (exact) mass is 393 g/mol. The third-order valence-electron chi connectivity index (χ3n) is 4.37. The average molecular weight is 395 g/mol. The molecule has 2 aliphatic rings. The van der Waals surface area contributed by atoms with Gasteiger partial charge in [0, 0.05) is 54.8 Å². The molecular formula is C15H22BrCl2N3. The lowest BCUT2D eigenvalue weighted by Gasteiger charge is -2.37. The van der Waals surface area contributed by atoms with Gasteiger partial charge in [0.15, 0.2) is 0 Å². The van der Waals surface area contributed by atoms with E-state index in [4.69, 9.17) is 11.6 Å². The number of piperazine rings is 1. The Kier molecular flexibility index (Phi) is 6.79. The SMILES string of the molecule is Cl.Clc1cc(Br)ccc1CN1CCN(C2CCNC2)CC1. The summed E-state index contributed by atoms with van der Waals surface area (Å²) >= 11 is 9.76. The molecule has 2 aliphatic heterocycles. The molecule has 1 unspecified atom stereocenters. The van der Waals surface area contributed by atoms with E-state index in [1.54, 1.807) is 0 Å². The number of benzene rings is 1. The van der Waals surface area contributed by atoms with Crippen LogP contribution < -0.4 is 5.32 Å². The van der Waals surface area contributed by atoms with Crippen molar-refractivity contribution in [3.8, 4) is 0 Å². The van der Waals surface area contributed by atoms with E-state index in [-0.39, 0.29) is 12.4 Å². The smallest absolute Gasteiger partial charge is 0.0462 e. The van der Waals surface area contributed by atoms with Crippen molar-refractivity contribution < 1.29 is 0 Å². The molecule has 0 bridgehead atoms. The standard InChI is InChI=1S/C15H21BrClN3.ClH/c16-13-2-1-12(15(17)9-13)11-19-5-7-20(8-6-19)14-3-4-18-10-14;/h1-2,9,14,18H,3-8,10-11H2;1H. The van der Waals surface area contributed by atoms with Crippen LogP contribution in [0, 0.1) is 0 Å². The van der Waals surface area contributed by atoms with Gasteiger partial charge in [-0.3, -0.25) is 9.80 Å². The highest BCUT2D eigenvalue weighted by Gasteiger charge is 2.26. The maximum absolute atomic E-state index is 6.31. The molecule has 6 heteroatoms. The zero-order valence-corrected chi connectivity index (χ0v) is 15.2. The summed E-state index contributed by atoms with van der Waals surface area (Å²) in [6.45, 7) is 7.95. The van der Waals surface area contributed by atoms with E-state index in [0.717, 1.165) is 35.2 Å². The first-order chi connectivity index (χ1) is 9.72. The fraction of sp³-hybridized carbons (Fsp3) is 0.600. The van der Waals surface area contributed by atoms with E-state index < -0.39 is 0 Å². The first-order valence-corrected chi connectivity index (χ1v) is 8.50. The lowest BCUT2D eigenvalue weighted by molar-refractivity contribution is 0.0981. The number of hydrogen-bond donors (Lipinski definition) is 1. The third kappa shape index (κ3) is 4.57. The molecule has 0 radical (unpaired) electrons. The van der Waals surface area contributed by atoms with Crippen LogP contribution in [0.5, 0.6) is 0 Å². The molecule has 1 N–H and O–H groups in total. The summed E-state index contributed by atoms with van der Waals surface area (Å²) < 4.78 is 1.05. The van der Waals surface area contributed by atoms with Crippen LogP contribution >= 0.6 is 39.9 Å². The second-order valence-corrected chi connectivity index (χ2v) is 7.02. The van der Waals surface area contributed by atoms with Gasteiger partial charge in [0.1, 0.15) is 0 Å².